The third-order valence-corrected chi connectivity index (χ3v) is 4.66. The van der Waals surface area contributed by atoms with Crippen molar-refractivity contribution in [3.63, 3.8) is 0 Å². The van der Waals surface area contributed by atoms with E-state index in [1.54, 1.807) is 10.9 Å². The average molecular weight is 328 g/mol. The predicted octanol–water partition coefficient (Wildman–Crippen LogP) is 2.17. The molecule has 1 atom stereocenters. The third kappa shape index (κ3) is 3.94. The van der Waals surface area contributed by atoms with E-state index in [1.807, 2.05) is 48.4 Å². The van der Waals surface area contributed by atoms with Gasteiger partial charge in [0.1, 0.15) is 0 Å². The lowest BCUT2D eigenvalue weighted by Crippen LogP contribution is -2.45. The molecule has 128 valence electrons. The van der Waals surface area contributed by atoms with Crippen LogP contribution in [0.25, 0.3) is 5.69 Å². The molecular weight excluding hydrogens is 304 g/mol. The maximum absolute atomic E-state index is 12.2. The molecule has 0 aliphatic carbocycles. The van der Waals surface area contributed by atoms with Gasteiger partial charge < -0.3 is 15.3 Å². The van der Waals surface area contributed by atoms with E-state index in [9.17, 15) is 9.90 Å². The van der Waals surface area contributed by atoms with Crippen molar-refractivity contribution in [3.8, 4) is 5.69 Å². The van der Waals surface area contributed by atoms with Gasteiger partial charge in [-0.15, -0.1) is 0 Å². The van der Waals surface area contributed by atoms with Gasteiger partial charge in [0.25, 0.3) is 0 Å². The van der Waals surface area contributed by atoms with E-state index < -0.39 is 0 Å². The van der Waals surface area contributed by atoms with Gasteiger partial charge in [0.15, 0.2) is 0 Å². The molecule has 2 heterocycles. The summed E-state index contributed by atoms with van der Waals surface area (Å²) < 4.78 is 1.80. The van der Waals surface area contributed by atoms with Crippen molar-refractivity contribution in [2.45, 2.75) is 32.4 Å². The summed E-state index contributed by atoms with van der Waals surface area (Å²) in [6, 6.07) is 9.82. The third-order valence-electron chi connectivity index (χ3n) is 4.66. The molecule has 2 N–H and O–H groups in total. The maximum atomic E-state index is 12.2. The van der Waals surface area contributed by atoms with E-state index in [0.29, 0.717) is 25.6 Å². The van der Waals surface area contributed by atoms with Crippen LogP contribution in [-0.2, 0) is 6.54 Å². The number of nitrogens with zero attached hydrogens (tertiary/aromatic N) is 3. The van der Waals surface area contributed by atoms with Gasteiger partial charge in [-0.2, -0.15) is 5.10 Å². The largest absolute Gasteiger partial charge is 0.393 e. The maximum Gasteiger partial charge on any atom is 0.317 e. The molecule has 3 rings (SSSR count). The van der Waals surface area contributed by atoms with Crippen LogP contribution in [0.2, 0.25) is 0 Å². The van der Waals surface area contributed by atoms with Crippen LogP contribution in [0.4, 0.5) is 4.79 Å². The lowest BCUT2D eigenvalue weighted by atomic mass is 9.92. The summed E-state index contributed by atoms with van der Waals surface area (Å²) in [5.74, 6) is 0.309. The summed E-state index contributed by atoms with van der Waals surface area (Å²) >= 11 is 0. The van der Waals surface area contributed by atoms with Crippen LogP contribution in [0.1, 0.15) is 25.3 Å². The first kappa shape index (κ1) is 16.5. The molecule has 1 aromatic heterocycles. The number of amides is 2. The summed E-state index contributed by atoms with van der Waals surface area (Å²) in [7, 11) is 0. The molecule has 0 radical (unpaired) electrons. The van der Waals surface area contributed by atoms with Crippen LogP contribution >= 0.6 is 0 Å². The molecule has 6 heteroatoms. The number of aromatic nitrogens is 2. The zero-order valence-corrected chi connectivity index (χ0v) is 13.9. The number of aliphatic hydroxyl groups excluding tert-OH is 1. The zero-order chi connectivity index (χ0) is 16.9. The van der Waals surface area contributed by atoms with Gasteiger partial charge in [-0.1, -0.05) is 12.1 Å². The Balaban J connectivity index is 1.48. The van der Waals surface area contributed by atoms with E-state index in [0.717, 1.165) is 24.1 Å². The Kier molecular flexibility index (Phi) is 5.15. The molecule has 1 saturated heterocycles. The molecule has 6 nitrogen and oxygen atoms in total. The lowest BCUT2D eigenvalue weighted by molar-refractivity contribution is 0.0798. The van der Waals surface area contributed by atoms with Crippen molar-refractivity contribution in [2.75, 3.05) is 13.1 Å². The highest BCUT2D eigenvalue weighted by Gasteiger charge is 2.25. The number of hydrogen-bond acceptors (Lipinski definition) is 3. The van der Waals surface area contributed by atoms with Crippen LogP contribution in [0.5, 0.6) is 0 Å². The number of piperidine rings is 1. The first-order chi connectivity index (χ1) is 11.6. The van der Waals surface area contributed by atoms with Crippen LogP contribution in [0, 0.1) is 5.92 Å². The molecule has 0 bridgehead atoms. The minimum atomic E-state index is -0.288. The summed E-state index contributed by atoms with van der Waals surface area (Å²) in [5, 5.41) is 16.8. The highest BCUT2D eigenvalue weighted by Crippen LogP contribution is 2.20. The normalized spacial score (nSPS) is 16.8. The fourth-order valence-electron chi connectivity index (χ4n) is 3.06. The molecule has 1 unspecified atom stereocenters. The predicted molar refractivity (Wildman–Crippen MR) is 91.8 cm³/mol. The van der Waals surface area contributed by atoms with Gasteiger partial charge >= 0.3 is 6.03 Å². The van der Waals surface area contributed by atoms with E-state index in [4.69, 9.17) is 0 Å². The summed E-state index contributed by atoms with van der Waals surface area (Å²) in [6.07, 6.45) is 5.08. The number of likely N-dealkylation sites (tertiary alicyclic amines) is 1. The Bertz CT molecular complexity index is 644. The van der Waals surface area contributed by atoms with Crippen molar-refractivity contribution in [1.29, 1.82) is 0 Å². The minimum absolute atomic E-state index is 0.0322. The van der Waals surface area contributed by atoms with Crippen molar-refractivity contribution < 1.29 is 9.90 Å². The second kappa shape index (κ2) is 7.49. The smallest absolute Gasteiger partial charge is 0.317 e. The van der Waals surface area contributed by atoms with Gasteiger partial charge in [0.05, 0.1) is 11.8 Å². The van der Waals surface area contributed by atoms with Gasteiger partial charge in [-0.25, -0.2) is 9.48 Å². The summed E-state index contributed by atoms with van der Waals surface area (Å²) in [6.45, 7) is 3.75. The van der Waals surface area contributed by atoms with Crippen molar-refractivity contribution in [1.82, 2.24) is 20.0 Å². The van der Waals surface area contributed by atoms with Crippen LogP contribution in [0.3, 0.4) is 0 Å². The van der Waals surface area contributed by atoms with Gasteiger partial charge in [0.2, 0.25) is 0 Å². The molecule has 0 spiro atoms. The molecule has 1 fully saturated rings. The number of rotatable bonds is 4. The Morgan fingerprint density at radius 1 is 1.33 bits per heavy atom. The first-order valence-corrected chi connectivity index (χ1v) is 8.43. The van der Waals surface area contributed by atoms with Crippen molar-refractivity contribution in [2.24, 2.45) is 5.92 Å². The number of nitrogens with one attached hydrogen (secondary N) is 1. The standard InChI is InChI=1S/C18H24N4O2/c1-14(23)16-7-11-21(12-8-16)18(24)19-13-15-3-5-17(6-4-15)22-10-2-9-20-22/h2-6,9-10,14,16,23H,7-8,11-13H2,1H3,(H,19,24). The molecule has 2 aromatic rings. The Morgan fingerprint density at radius 2 is 2.04 bits per heavy atom. The Morgan fingerprint density at radius 3 is 2.62 bits per heavy atom. The first-order valence-electron chi connectivity index (χ1n) is 8.43. The highest BCUT2D eigenvalue weighted by molar-refractivity contribution is 5.74. The number of carbonyl (C=O) groups is 1. The fourth-order valence-corrected chi connectivity index (χ4v) is 3.06. The lowest BCUT2D eigenvalue weighted by Gasteiger charge is -2.33. The molecular formula is C18H24N4O2. The highest BCUT2D eigenvalue weighted by atomic mass is 16.3. The molecule has 24 heavy (non-hydrogen) atoms. The van der Waals surface area contributed by atoms with Gasteiger partial charge in [0, 0.05) is 32.0 Å². The van der Waals surface area contributed by atoms with Crippen molar-refractivity contribution in [3.05, 3.63) is 48.3 Å². The molecule has 0 saturated carbocycles. The molecule has 1 aliphatic heterocycles. The second-order valence-electron chi connectivity index (χ2n) is 6.34. The number of carbonyl (C=O) groups excluding carboxylic acids is 1. The van der Waals surface area contributed by atoms with E-state index in [1.165, 1.54) is 0 Å². The van der Waals surface area contributed by atoms with E-state index in [-0.39, 0.29) is 12.1 Å². The topological polar surface area (TPSA) is 70.4 Å². The fraction of sp³-hybridized carbons (Fsp3) is 0.444. The molecule has 1 aromatic carbocycles. The molecule has 2 amide bonds. The number of hydrogen-bond donors (Lipinski definition) is 2. The average Bonchev–Trinajstić information content (AvgIpc) is 3.15. The zero-order valence-electron chi connectivity index (χ0n) is 13.9. The van der Waals surface area contributed by atoms with Crippen LogP contribution < -0.4 is 5.32 Å². The Hall–Kier alpha value is -2.34. The van der Waals surface area contributed by atoms with Gasteiger partial charge in [-0.05, 0) is 49.4 Å². The number of aliphatic hydroxyl groups is 1. The molecule has 1 aliphatic rings. The Labute approximate surface area is 142 Å². The van der Waals surface area contributed by atoms with Crippen molar-refractivity contribution >= 4 is 6.03 Å². The van der Waals surface area contributed by atoms with E-state index in [2.05, 4.69) is 10.4 Å². The number of urea groups is 1. The second-order valence-corrected chi connectivity index (χ2v) is 6.34. The van der Waals surface area contributed by atoms with Crippen LogP contribution in [0.15, 0.2) is 42.7 Å². The monoisotopic (exact) mass is 328 g/mol. The summed E-state index contributed by atoms with van der Waals surface area (Å²) in [4.78, 5) is 14.1. The van der Waals surface area contributed by atoms with Crippen LogP contribution in [-0.4, -0.2) is 45.0 Å². The van der Waals surface area contributed by atoms with Gasteiger partial charge in [-0.3, -0.25) is 0 Å². The quantitative estimate of drug-likeness (QED) is 0.904. The van der Waals surface area contributed by atoms with E-state index >= 15 is 0 Å². The SMILES string of the molecule is CC(O)C1CCN(C(=O)NCc2ccc(-n3cccn3)cc2)CC1. The minimum Gasteiger partial charge on any atom is -0.393 e. The number of benzene rings is 1. The summed E-state index contributed by atoms with van der Waals surface area (Å²) in [5.41, 5.74) is 2.05.